The number of nitrogens with one attached hydrogen (secondary N) is 2. The molecule has 0 saturated carbocycles. The highest BCUT2D eigenvalue weighted by atomic mass is 16.5. The lowest BCUT2D eigenvalue weighted by Crippen LogP contribution is -2.42. The number of para-hydroxylation sites is 2. The first kappa shape index (κ1) is 21.1. The molecule has 1 heterocycles. The number of nitrogens with zero attached hydrogens (tertiary/aromatic N) is 1. The third-order valence-electron chi connectivity index (χ3n) is 5.03. The molecule has 0 spiro atoms. The first-order chi connectivity index (χ1) is 15.5. The summed E-state index contributed by atoms with van der Waals surface area (Å²) in [5, 5.41) is 5.61. The van der Waals surface area contributed by atoms with Gasteiger partial charge in [0.2, 0.25) is 11.8 Å². The number of rotatable bonds is 6. The van der Waals surface area contributed by atoms with Crippen molar-refractivity contribution in [2.24, 2.45) is 0 Å². The molecule has 2 N–H and O–H groups in total. The number of hydrogen-bond donors (Lipinski definition) is 2. The SMILES string of the molecule is CCOc1ccc(CC(=O)Nc2ccc(C(=O)N3CC(=O)Nc4ccccc43)cc2)cc1. The largest absolute Gasteiger partial charge is 0.494 e. The van der Waals surface area contributed by atoms with Crippen molar-refractivity contribution in [1.82, 2.24) is 0 Å². The van der Waals surface area contributed by atoms with Gasteiger partial charge in [-0.05, 0) is 61.0 Å². The van der Waals surface area contributed by atoms with Crippen LogP contribution in [0.25, 0.3) is 0 Å². The molecule has 7 nitrogen and oxygen atoms in total. The predicted octanol–water partition coefficient (Wildman–Crippen LogP) is 3.87. The normalized spacial score (nSPS) is 12.5. The van der Waals surface area contributed by atoms with E-state index in [1.165, 1.54) is 4.90 Å². The highest BCUT2D eigenvalue weighted by Gasteiger charge is 2.27. The third kappa shape index (κ3) is 4.78. The Bertz CT molecular complexity index is 1140. The number of hydrogen-bond acceptors (Lipinski definition) is 4. The van der Waals surface area contributed by atoms with Gasteiger partial charge in [-0.2, -0.15) is 0 Å². The molecule has 1 aliphatic rings. The number of benzene rings is 3. The van der Waals surface area contributed by atoms with Crippen molar-refractivity contribution in [2.45, 2.75) is 13.3 Å². The number of amides is 3. The second-order valence-corrected chi connectivity index (χ2v) is 7.34. The number of ether oxygens (including phenoxy) is 1. The van der Waals surface area contributed by atoms with Crippen LogP contribution in [0.1, 0.15) is 22.8 Å². The van der Waals surface area contributed by atoms with Gasteiger partial charge < -0.3 is 15.4 Å². The van der Waals surface area contributed by atoms with Crippen LogP contribution in [0, 0.1) is 0 Å². The summed E-state index contributed by atoms with van der Waals surface area (Å²) in [6.45, 7) is 2.47. The van der Waals surface area contributed by atoms with Crippen LogP contribution in [0.3, 0.4) is 0 Å². The Morgan fingerprint density at radius 1 is 1.00 bits per heavy atom. The fourth-order valence-electron chi connectivity index (χ4n) is 3.53. The van der Waals surface area contributed by atoms with Crippen LogP contribution >= 0.6 is 0 Å². The summed E-state index contributed by atoms with van der Waals surface area (Å²) in [4.78, 5) is 38.8. The fraction of sp³-hybridized carbons (Fsp3) is 0.160. The minimum absolute atomic E-state index is 0.0452. The minimum Gasteiger partial charge on any atom is -0.494 e. The lowest BCUT2D eigenvalue weighted by molar-refractivity contribution is -0.116. The maximum atomic E-state index is 13.0. The lowest BCUT2D eigenvalue weighted by Gasteiger charge is -2.29. The maximum absolute atomic E-state index is 13.0. The van der Waals surface area contributed by atoms with Crippen molar-refractivity contribution >= 4 is 34.8 Å². The van der Waals surface area contributed by atoms with E-state index in [1.54, 1.807) is 42.5 Å². The first-order valence-electron chi connectivity index (χ1n) is 10.4. The number of fused-ring (bicyclic) bond motifs is 1. The zero-order valence-corrected chi connectivity index (χ0v) is 17.6. The predicted molar refractivity (Wildman–Crippen MR) is 123 cm³/mol. The Hall–Kier alpha value is -4.13. The van der Waals surface area contributed by atoms with Crippen molar-refractivity contribution < 1.29 is 19.1 Å². The van der Waals surface area contributed by atoms with E-state index in [0.717, 1.165) is 11.3 Å². The van der Waals surface area contributed by atoms with E-state index in [0.29, 0.717) is 29.2 Å². The van der Waals surface area contributed by atoms with Crippen LogP contribution in [-0.2, 0) is 16.0 Å². The average Bonchev–Trinajstić information content (AvgIpc) is 2.80. The summed E-state index contributed by atoms with van der Waals surface area (Å²) in [5.41, 5.74) is 3.16. The number of carbonyl (C=O) groups is 3. The summed E-state index contributed by atoms with van der Waals surface area (Å²) in [6, 6.07) is 21.2. The molecular formula is C25H23N3O4. The highest BCUT2D eigenvalue weighted by Crippen LogP contribution is 2.30. The van der Waals surface area contributed by atoms with Gasteiger partial charge in [-0.25, -0.2) is 0 Å². The summed E-state index contributed by atoms with van der Waals surface area (Å²) in [7, 11) is 0. The van der Waals surface area contributed by atoms with Gasteiger partial charge >= 0.3 is 0 Å². The Kier molecular flexibility index (Phi) is 6.17. The molecule has 7 heteroatoms. The summed E-state index contributed by atoms with van der Waals surface area (Å²) >= 11 is 0. The smallest absolute Gasteiger partial charge is 0.258 e. The minimum atomic E-state index is -0.278. The van der Waals surface area contributed by atoms with Crippen LogP contribution in [0.5, 0.6) is 5.75 Å². The van der Waals surface area contributed by atoms with E-state index in [9.17, 15) is 14.4 Å². The van der Waals surface area contributed by atoms with Gasteiger partial charge in [-0.3, -0.25) is 19.3 Å². The van der Waals surface area contributed by atoms with E-state index >= 15 is 0 Å². The molecule has 0 aromatic heterocycles. The van der Waals surface area contributed by atoms with Crippen LogP contribution in [0.15, 0.2) is 72.8 Å². The van der Waals surface area contributed by atoms with Crippen LogP contribution in [0.2, 0.25) is 0 Å². The van der Waals surface area contributed by atoms with Gasteiger partial charge in [0.25, 0.3) is 5.91 Å². The van der Waals surface area contributed by atoms with Crippen molar-refractivity contribution in [2.75, 3.05) is 28.7 Å². The Balaban J connectivity index is 1.40. The van der Waals surface area contributed by atoms with Crippen molar-refractivity contribution in [1.29, 1.82) is 0 Å². The molecule has 3 amide bonds. The molecule has 0 bridgehead atoms. The molecule has 0 saturated heterocycles. The van der Waals surface area contributed by atoms with Crippen molar-refractivity contribution in [3.8, 4) is 5.75 Å². The number of anilines is 3. The molecule has 3 aromatic rings. The van der Waals surface area contributed by atoms with Gasteiger partial charge in [-0.1, -0.05) is 24.3 Å². The molecule has 1 aliphatic heterocycles. The zero-order chi connectivity index (χ0) is 22.5. The van der Waals surface area contributed by atoms with Gasteiger partial charge in [-0.15, -0.1) is 0 Å². The molecule has 162 valence electrons. The molecule has 0 fully saturated rings. The zero-order valence-electron chi connectivity index (χ0n) is 17.6. The first-order valence-corrected chi connectivity index (χ1v) is 10.4. The molecule has 0 unspecified atom stereocenters. The van der Waals surface area contributed by atoms with Gasteiger partial charge in [0.05, 0.1) is 24.4 Å². The van der Waals surface area contributed by atoms with Crippen LogP contribution in [-0.4, -0.2) is 30.9 Å². The van der Waals surface area contributed by atoms with E-state index in [1.807, 2.05) is 37.3 Å². The van der Waals surface area contributed by atoms with E-state index in [4.69, 9.17) is 4.74 Å². The fourth-order valence-corrected chi connectivity index (χ4v) is 3.53. The summed E-state index contributed by atoms with van der Waals surface area (Å²) in [5.74, 6) is 0.0929. The quantitative estimate of drug-likeness (QED) is 0.623. The molecule has 4 rings (SSSR count). The van der Waals surface area contributed by atoms with Crippen LogP contribution in [0.4, 0.5) is 17.1 Å². The van der Waals surface area contributed by atoms with Crippen molar-refractivity contribution in [3.63, 3.8) is 0 Å². The Morgan fingerprint density at radius 3 is 2.44 bits per heavy atom. The second kappa shape index (κ2) is 9.34. The van der Waals surface area contributed by atoms with E-state index in [-0.39, 0.29) is 30.7 Å². The van der Waals surface area contributed by atoms with Crippen molar-refractivity contribution in [3.05, 3.63) is 83.9 Å². The summed E-state index contributed by atoms with van der Waals surface area (Å²) < 4.78 is 5.41. The van der Waals surface area contributed by atoms with Gasteiger partial charge in [0.1, 0.15) is 12.3 Å². The monoisotopic (exact) mass is 429 g/mol. The van der Waals surface area contributed by atoms with Crippen LogP contribution < -0.4 is 20.3 Å². The number of carbonyl (C=O) groups excluding carboxylic acids is 3. The van der Waals surface area contributed by atoms with E-state index in [2.05, 4.69) is 10.6 Å². The maximum Gasteiger partial charge on any atom is 0.258 e. The Morgan fingerprint density at radius 2 is 1.72 bits per heavy atom. The molecule has 0 atom stereocenters. The third-order valence-corrected chi connectivity index (χ3v) is 5.03. The molecule has 32 heavy (non-hydrogen) atoms. The molecular weight excluding hydrogens is 406 g/mol. The average molecular weight is 429 g/mol. The lowest BCUT2D eigenvalue weighted by atomic mass is 10.1. The van der Waals surface area contributed by atoms with Gasteiger partial charge in [0.15, 0.2) is 0 Å². The van der Waals surface area contributed by atoms with E-state index < -0.39 is 0 Å². The standard InChI is InChI=1S/C25H23N3O4/c1-2-32-20-13-7-17(8-14-20)15-23(29)26-19-11-9-18(10-12-19)25(31)28-16-24(30)27-21-5-3-4-6-22(21)28/h3-14H,2,15-16H2,1H3,(H,26,29)(H,27,30). The summed E-state index contributed by atoms with van der Waals surface area (Å²) in [6.07, 6.45) is 0.229. The Labute approximate surface area is 186 Å². The molecule has 0 aliphatic carbocycles. The molecule has 0 radical (unpaired) electrons. The van der Waals surface area contributed by atoms with Gasteiger partial charge in [0, 0.05) is 11.3 Å². The topological polar surface area (TPSA) is 87.7 Å². The molecule has 3 aromatic carbocycles. The highest BCUT2D eigenvalue weighted by molar-refractivity contribution is 6.15. The second-order valence-electron chi connectivity index (χ2n) is 7.34.